The Kier molecular flexibility index (Phi) is 3.84. The Morgan fingerprint density at radius 3 is 3.00 bits per heavy atom. The van der Waals surface area contributed by atoms with Gasteiger partial charge in [-0.25, -0.2) is 4.98 Å². The standard InChI is InChI=1S/C12H16ClN3O/c1-2-14-11-6-5-9(13)10(15-11)8-16-7-3-4-12(16)17/h5-6H,2-4,7-8H2,1H3,(H,14,15). The summed E-state index contributed by atoms with van der Waals surface area (Å²) in [7, 11) is 0. The maximum Gasteiger partial charge on any atom is 0.222 e. The lowest BCUT2D eigenvalue weighted by Gasteiger charge is -2.16. The van der Waals surface area contributed by atoms with Gasteiger partial charge in [0.05, 0.1) is 17.3 Å². The molecule has 1 amide bonds. The largest absolute Gasteiger partial charge is 0.370 e. The predicted molar refractivity (Wildman–Crippen MR) is 68.1 cm³/mol. The second-order valence-corrected chi connectivity index (χ2v) is 4.48. The van der Waals surface area contributed by atoms with Crippen molar-refractivity contribution < 1.29 is 4.79 Å². The summed E-state index contributed by atoms with van der Waals surface area (Å²) in [5, 5.41) is 3.76. The molecule has 1 fully saturated rings. The number of pyridine rings is 1. The van der Waals surface area contributed by atoms with Crippen molar-refractivity contribution in [3.63, 3.8) is 0 Å². The Balaban J connectivity index is 2.13. The van der Waals surface area contributed by atoms with Crippen molar-refractivity contribution in [2.75, 3.05) is 18.4 Å². The van der Waals surface area contributed by atoms with Gasteiger partial charge in [0.1, 0.15) is 5.82 Å². The highest BCUT2D eigenvalue weighted by atomic mass is 35.5. The highest BCUT2D eigenvalue weighted by Crippen LogP contribution is 2.21. The first-order chi connectivity index (χ1) is 8.20. The van der Waals surface area contributed by atoms with Crippen LogP contribution in [0.5, 0.6) is 0 Å². The van der Waals surface area contributed by atoms with Crippen LogP contribution in [0.25, 0.3) is 0 Å². The summed E-state index contributed by atoms with van der Waals surface area (Å²) in [6, 6.07) is 3.67. The van der Waals surface area contributed by atoms with Crippen molar-refractivity contribution in [2.24, 2.45) is 0 Å². The number of aromatic nitrogens is 1. The van der Waals surface area contributed by atoms with Crippen LogP contribution < -0.4 is 5.32 Å². The summed E-state index contributed by atoms with van der Waals surface area (Å²) >= 11 is 6.09. The number of halogens is 1. The van der Waals surface area contributed by atoms with Crippen molar-refractivity contribution in [3.05, 3.63) is 22.8 Å². The van der Waals surface area contributed by atoms with E-state index in [0.29, 0.717) is 18.0 Å². The van der Waals surface area contributed by atoms with Crippen molar-refractivity contribution in [3.8, 4) is 0 Å². The van der Waals surface area contributed by atoms with Crippen LogP contribution in [0.15, 0.2) is 12.1 Å². The molecule has 1 aliphatic rings. The molecule has 4 nitrogen and oxygen atoms in total. The highest BCUT2D eigenvalue weighted by Gasteiger charge is 2.21. The SMILES string of the molecule is CCNc1ccc(Cl)c(CN2CCCC2=O)n1. The Morgan fingerprint density at radius 1 is 1.53 bits per heavy atom. The van der Waals surface area contributed by atoms with Gasteiger partial charge < -0.3 is 10.2 Å². The third-order valence-electron chi connectivity index (χ3n) is 2.79. The Labute approximate surface area is 106 Å². The molecule has 0 unspecified atom stereocenters. The molecule has 1 aromatic heterocycles. The number of carbonyl (C=O) groups excluding carboxylic acids is 1. The van der Waals surface area contributed by atoms with Crippen LogP contribution in [-0.4, -0.2) is 28.9 Å². The van der Waals surface area contributed by atoms with Crippen molar-refractivity contribution in [1.82, 2.24) is 9.88 Å². The fraction of sp³-hybridized carbons (Fsp3) is 0.500. The van der Waals surface area contributed by atoms with Gasteiger partial charge in [0.2, 0.25) is 5.91 Å². The Bertz CT molecular complexity index is 422. The zero-order valence-electron chi connectivity index (χ0n) is 9.87. The molecule has 1 aliphatic heterocycles. The summed E-state index contributed by atoms with van der Waals surface area (Å²) in [6.45, 7) is 4.15. The van der Waals surface area contributed by atoms with Gasteiger partial charge >= 0.3 is 0 Å². The van der Waals surface area contributed by atoms with Crippen LogP contribution in [0, 0.1) is 0 Å². The Hall–Kier alpha value is -1.29. The lowest BCUT2D eigenvalue weighted by Crippen LogP contribution is -2.24. The van der Waals surface area contributed by atoms with E-state index in [-0.39, 0.29) is 5.91 Å². The van der Waals surface area contributed by atoms with E-state index in [9.17, 15) is 4.79 Å². The normalized spacial score (nSPS) is 15.4. The number of hydrogen-bond acceptors (Lipinski definition) is 3. The molecule has 1 aromatic rings. The molecular formula is C12H16ClN3O. The predicted octanol–water partition coefficient (Wildman–Crippen LogP) is 2.29. The van der Waals surface area contributed by atoms with E-state index in [0.717, 1.165) is 31.0 Å². The van der Waals surface area contributed by atoms with E-state index >= 15 is 0 Å². The van der Waals surface area contributed by atoms with E-state index in [1.54, 1.807) is 0 Å². The highest BCUT2D eigenvalue weighted by molar-refractivity contribution is 6.31. The molecule has 0 aromatic carbocycles. The smallest absolute Gasteiger partial charge is 0.222 e. The minimum atomic E-state index is 0.191. The first kappa shape index (κ1) is 12.2. The number of amides is 1. The lowest BCUT2D eigenvalue weighted by atomic mass is 10.3. The molecule has 1 saturated heterocycles. The van der Waals surface area contributed by atoms with Gasteiger partial charge in [0, 0.05) is 19.5 Å². The van der Waals surface area contributed by atoms with Crippen LogP contribution in [0.1, 0.15) is 25.5 Å². The molecule has 1 N–H and O–H groups in total. The van der Waals surface area contributed by atoms with Crippen LogP contribution in [0.3, 0.4) is 0 Å². The van der Waals surface area contributed by atoms with E-state index in [1.807, 2.05) is 24.0 Å². The summed E-state index contributed by atoms with van der Waals surface area (Å²) in [4.78, 5) is 17.8. The zero-order valence-corrected chi connectivity index (χ0v) is 10.6. The van der Waals surface area contributed by atoms with E-state index in [4.69, 9.17) is 11.6 Å². The zero-order chi connectivity index (χ0) is 12.3. The summed E-state index contributed by atoms with van der Waals surface area (Å²) in [5.41, 5.74) is 0.764. The average molecular weight is 254 g/mol. The van der Waals surface area contributed by atoms with Crippen LogP contribution in [-0.2, 0) is 11.3 Å². The molecule has 0 radical (unpaired) electrons. The molecule has 5 heteroatoms. The van der Waals surface area contributed by atoms with Crippen LogP contribution in [0.4, 0.5) is 5.82 Å². The number of nitrogens with one attached hydrogen (secondary N) is 1. The maximum atomic E-state index is 11.5. The number of rotatable bonds is 4. The fourth-order valence-corrected chi connectivity index (χ4v) is 2.09. The monoisotopic (exact) mass is 253 g/mol. The first-order valence-electron chi connectivity index (χ1n) is 5.87. The summed E-state index contributed by atoms with van der Waals surface area (Å²) in [5.74, 6) is 0.996. The third-order valence-corrected chi connectivity index (χ3v) is 3.13. The third kappa shape index (κ3) is 2.88. The topological polar surface area (TPSA) is 45.2 Å². The van der Waals surface area contributed by atoms with Gasteiger partial charge in [-0.3, -0.25) is 4.79 Å². The van der Waals surface area contributed by atoms with E-state index in [1.165, 1.54) is 0 Å². The number of hydrogen-bond donors (Lipinski definition) is 1. The molecular weight excluding hydrogens is 238 g/mol. The van der Waals surface area contributed by atoms with Gasteiger partial charge in [-0.2, -0.15) is 0 Å². The number of nitrogens with zero attached hydrogens (tertiary/aromatic N) is 2. The van der Waals surface area contributed by atoms with Crippen molar-refractivity contribution in [2.45, 2.75) is 26.3 Å². The summed E-state index contributed by atoms with van der Waals surface area (Å²) < 4.78 is 0. The molecule has 0 spiro atoms. The fourth-order valence-electron chi connectivity index (χ4n) is 1.93. The van der Waals surface area contributed by atoms with Crippen molar-refractivity contribution >= 4 is 23.3 Å². The molecule has 17 heavy (non-hydrogen) atoms. The van der Waals surface area contributed by atoms with Crippen molar-refractivity contribution in [1.29, 1.82) is 0 Å². The van der Waals surface area contributed by atoms with E-state index < -0.39 is 0 Å². The van der Waals surface area contributed by atoms with Crippen LogP contribution >= 0.6 is 11.6 Å². The minimum Gasteiger partial charge on any atom is -0.370 e. The molecule has 0 aliphatic carbocycles. The number of likely N-dealkylation sites (tertiary alicyclic amines) is 1. The van der Waals surface area contributed by atoms with Gasteiger partial charge in [-0.05, 0) is 25.5 Å². The first-order valence-corrected chi connectivity index (χ1v) is 6.25. The molecule has 0 bridgehead atoms. The average Bonchev–Trinajstić information content (AvgIpc) is 2.70. The second kappa shape index (κ2) is 5.36. The molecule has 0 atom stereocenters. The van der Waals surface area contributed by atoms with E-state index in [2.05, 4.69) is 10.3 Å². The van der Waals surface area contributed by atoms with Gasteiger partial charge in [0.25, 0.3) is 0 Å². The lowest BCUT2D eigenvalue weighted by molar-refractivity contribution is -0.128. The molecule has 92 valence electrons. The summed E-state index contributed by atoms with van der Waals surface area (Å²) in [6.07, 6.45) is 1.58. The quantitative estimate of drug-likeness (QED) is 0.896. The molecule has 0 saturated carbocycles. The minimum absolute atomic E-state index is 0.191. The molecule has 2 heterocycles. The van der Waals surface area contributed by atoms with Gasteiger partial charge in [-0.15, -0.1) is 0 Å². The number of carbonyl (C=O) groups is 1. The number of anilines is 1. The maximum absolute atomic E-state index is 11.5. The second-order valence-electron chi connectivity index (χ2n) is 4.07. The van der Waals surface area contributed by atoms with Gasteiger partial charge in [-0.1, -0.05) is 11.6 Å². The van der Waals surface area contributed by atoms with Gasteiger partial charge in [0.15, 0.2) is 0 Å². The molecule has 2 rings (SSSR count). The Morgan fingerprint density at radius 2 is 2.35 bits per heavy atom. The van der Waals surface area contributed by atoms with Crippen LogP contribution in [0.2, 0.25) is 5.02 Å².